The van der Waals surface area contributed by atoms with Crippen LogP contribution in [0.15, 0.2) is 24.3 Å². The Morgan fingerprint density at radius 2 is 2.09 bits per heavy atom. The van der Waals surface area contributed by atoms with Gasteiger partial charge in [-0.05, 0) is 43.7 Å². The van der Waals surface area contributed by atoms with Gasteiger partial charge >= 0.3 is 6.03 Å². The van der Waals surface area contributed by atoms with Gasteiger partial charge in [0.25, 0.3) is 0 Å². The van der Waals surface area contributed by atoms with Crippen molar-refractivity contribution in [1.82, 2.24) is 9.80 Å². The van der Waals surface area contributed by atoms with E-state index in [2.05, 4.69) is 10.2 Å². The molecular weight excluding hydrogens is 290 g/mol. The number of anilines is 1. The molecule has 0 spiro atoms. The van der Waals surface area contributed by atoms with Gasteiger partial charge in [-0.3, -0.25) is 4.90 Å². The molecule has 5 heteroatoms. The van der Waals surface area contributed by atoms with E-state index in [1.165, 1.54) is 12.8 Å². The summed E-state index contributed by atoms with van der Waals surface area (Å²) in [6, 6.07) is 8.08. The number of hydrogen-bond acceptors (Lipinski definition) is 3. The molecule has 5 nitrogen and oxygen atoms in total. The zero-order valence-electron chi connectivity index (χ0n) is 13.9. The summed E-state index contributed by atoms with van der Waals surface area (Å²) in [5.74, 6) is 0.837. The molecule has 2 amide bonds. The van der Waals surface area contributed by atoms with Gasteiger partial charge in [-0.1, -0.05) is 18.2 Å². The van der Waals surface area contributed by atoms with Crippen LogP contribution in [0.5, 0.6) is 0 Å². The van der Waals surface area contributed by atoms with Crippen LogP contribution >= 0.6 is 0 Å². The fraction of sp³-hybridized carbons (Fsp3) is 0.611. The molecule has 1 heterocycles. The maximum Gasteiger partial charge on any atom is 0.321 e. The van der Waals surface area contributed by atoms with E-state index in [1.807, 2.05) is 36.1 Å². The van der Waals surface area contributed by atoms with E-state index in [9.17, 15) is 9.90 Å². The molecule has 3 rings (SSSR count). The number of urea groups is 1. The van der Waals surface area contributed by atoms with Gasteiger partial charge in [0.1, 0.15) is 0 Å². The van der Waals surface area contributed by atoms with E-state index < -0.39 is 0 Å². The lowest BCUT2D eigenvalue weighted by atomic mass is 10.1. The number of carbonyl (C=O) groups excluding carboxylic acids is 1. The Kier molecular flexibility index (Phi) is 5.18. The first-order valence-corrected chi connectivity index (χ1v) is 8.64. The van der Waals surface area contributed by atoms with Crippen molar-refractivity contribution in [3.63, 3.8) is 0 Å². The second-order valence-corrected chi connectivity index (χ2v) is 6.80. The summed E-state index contributed by atoms with van der Waals surface area (Å²) in [5, 5.41) is 12.4. The summed E-state index contributed by atoms with van der Waals surface area (Å²) in [7, 11) is 0. The quantitative estimate of drug-likeness (QED) is 0.876. The number of aryl methyl sites for hydroxylation is 1. The van der Waals surface area contributed by atoms with Crippen LogP contribution in [0.1, 0.15) is 24.8 Å². The van der Waals surface area contributed by atoms with Gasteiger partial charge in [0, 0.05) is 44.5 Å². The van der Waals surface area contributed by atoms with Crippen LogP contribution < -0.4 is 5.32 Å². The number of rotatable bonds is 5. The highest BCUT2D eigenvalue weighted by atomic mass is 16.3. The largest absolute Gasteiger partial charge is 0.396 e. The summed E-state index contributed by atoms with van der Waals surface area (Å²) in [6.45, 7) is 5.66. The highest BCUT2D eigenvalue weighted by molar-refractivity contribution is 5.90. The molecule has 2 aliphatic rings. The van der Waals surface area contributed by atoms with Crippen molar-refractivity contribution in [2.75, 3.05) is 38.1 Å². The Hall–Kier alpha value is -1.59. The Morgan fingerprint density at radius 1 is 1.30 bits per heavy atom. The second-order valence-electron chi connectivity index (χ2n) is 6.80. The Bertz CT molecular complexity index is 545. The average Bonchev–Trinajstić information content (AvgIpc) is 3.35. The van der Waals surface area contributed by atoms with E-state index in [4.69, 9.17) is 0 Å². The SMILES string of the molecule is Cc1ccccc1NC(=O)N1CCN(CC2CC2)[C@@H](CCO)C1. The number of aliphatic hydroxyl groups excluding tert-OH is 1. The second kappa shape index (κ2) is 7.32. The van der Waals surface area contributed by atoms with Gasteiger partial charge in [-0.15, -0.1) is 0 Å². The predicted octanol–water partition coefficient (Wildman–Crippen LogP) is 2.31. The predicted molar refractivity (Wildman–Crippen MR) is 91.6 cm³/mol. The third-order valence-corrected chi connectivity index (χ3v) is 4.93. The Morgan fingerprint density at radius 3 is 2.78 bits per heavy atom. The molecule has 1 atom stereocenters. The maximum absolute atomic E-state index is 12.5. The van der Waals surface area contributed by atoms with E-state index in [1.54, 1.807) is 0 Å². The summed E-state index contributed by atoms with van der Waals surface area (Å²) in [5.41, 5.74) is 1.94. The minimum atomic E-state index is -0.0340. The molecule has 1 saturated carbocycles. The maximum atomic E-state index is 12.5. The van der Waals surface area contributed by atoms with E-state index >= 15 is 0 Å². The smallest absolute Gasteiger partial charge is 0.321 e. The molecule has 0 aromatic heterocycles. The number of hydrogen-bond donors (Lipinski definition) is 2. The van der Waals surface area contributed by atoms with Crippen molar-refractivity contribution < 1.29 is 9.90 Å². The molecule has 0 unspecified atom stereocenters. The normalized spacial score (nSPS) is 22.2. The minimum absolute atomic E-state index is 0.0340. The van der Waals surface area contributed by atoms with Crippen molar-refractivity contribution in [3.05, 3.63) is 29.8 Å². The number of nitrogens with one attached hydrogen (secondary N) is 1. The van der Waals surface area contributed by atoms with E-state index in [-0.39, 0.29) is 18.7 Å². The third kappa shape index (κ3) is 4.24. The molecule has 1 saturated heterocycles. The molecule has 2 N–H and O–H groups in total. The first kappa shape index (κ1) is 16.3. The zero-order valence-corrected chi connectivity index (χ0v) is 13.9. The van der Waals surface area contributed by atoms with Crippen LogP contribution in [-0.4, -0.2) is 59.8 Å². The summed E-state index contributed by atoms with van der Waals surface area (Å²) in [6.07, 6.45) is 3.40. The number of piperazine rings is 1. The molecule has 1 aliphatic carbocycles. The fourth-order valence-electron chi connectivity index (χ4n) is 3.28. The lowest BCUT2D eigenvalue weighted by molar-refractivity contribution is 0.0739. The molecule has 0 radical (unpaired) electrons. The van der Waals surface area contributed by atoms with Crippen LogP contribution in [-0.2, 0) is 0 Å². The highest BCUT2D eigenvalue weighted by Crippen LogP contribution is 2.31. The lowest BCUT2D eigenvalue weighted by Gasteiger charge is -2.41. The number of amides is 2. The van der Waals surface area contributed by atoms with Gasteiger partial charge in [-0.25, -0.2) is 4.79 Å². The standard InChI is InChI=1S/C18H27N3O2/c1-14-4-2-3-5-17(14)19-18(23)21-10-9-20(12-15-6-7-15)16(13-21)8-11-22/h2-5,15-16,22H,6-13H2,1H3,(H,19,23)/t16-/m0/s1. The van der Waals surface area contributed by atoms with Crippen molar-refractivity contribution in [2.45, 2.75) is 32.2 Å². The minimum Gasteiger partial charge on any atom is -0.396 e. The molecule has 1 aromatic rings. The Balaban J connectivity index is 1.59. The first-order chi connectivity index (χ1) is 11.2. The number of para-hydroxylation sites is 1. The van der Waals surface area contributed by atoms with Crippen molar-refractivity contribution in [3.8, 4) is 0 Å². The van der Waals surface area contributed by atoms with Crippen LogP contribution in [0.3, 0.4) is 0 Å². The van der Waals surface area contributed by atoms with Gasteiger partial charge in [0.15, 0.2) is 0 Å². The van der Waals surface area contributed by atoms with Crippen molar-refractivity contribution in [1.29, 1.82) is 0 Å². The van der Waals surface area contributed by atoms with Crippen LogP contribution in [0, 0.1) is 12.8 Å². The van der Waals surface area contributed by atoms with Gasteiger partial charge in [0.2, 0.25) is 0 Å². The van der Waals surface area contributed by atoms with Gasteiger partial charge < -0.3 is 15.3 Å². The van der Waals surface area contributed by atoms with Crippen LogP contribution in [0.2, 0.25) is 0 Å². The van der Waals surface area contributed by atoms with Gasteiger partial charge in [-0.2, -0.15) is 0 Å². The summed E-state index contributed by atoms with van der Waals surface area (Å²) < 4.78 is 0. The number of aliphatic hydroxyl groups is 1. The monoisotopic (exact) mass is 317 g/mol. The van der Waals surface area contributed by atoms with Crippen molar-refractivity contribution >= 4 is 11.7 Å². The lowest BCUT2D eigenvalue weighted by Crippen LogP contribution is -2.56. The molecule has 1 aromatic carbocycles. The number of benzene rings is 1. The number of nitrogens with zero attached hydrogens (tertiary/aromatic N) is 2. The molecule has 126 valence electrons. The summed E-state index contributed by atoms with van der Waals surface area (Å²) >= 11 is 0. The topological polar surface area (TPSA) is 55.8 Å². The average molecular weight is 317 g/mol. The first-order valence-electron chi connectivity index (χ1n) is 8.64. The number of carbonyl (C=O) groups is 1. The molecule has 0 bridgehead atoms. The third-order valence-electron chi connectivity index (χ3n) is 4.93. The van der Waals surface area contributed by atoms with Crippen molar-refractivity contribution in [2.24, 2.45) is 5.92 Å². The van der Waals surface area contributed by atoms with E-state index in [0.29, 0.717) is 6.54 Å². The fourth-order valence-corrected chi connectivity index (χ4v) is 3.28. The molecular formula is C18H27N3O2. The molecule has 1 aliphatic heterocycles. The highest BCUT2D eigenvalue weighted by Gasteiger charge is 2.33. The Labute approximate surface area is 138 Å². The molecule has 23 heavy (non-hydrogen) atoms. The van der Waals surface area contributed by atoms with Crippen LogP contribution in [0.4, 0.5) is 10.5 Å². The zero-order chi connectivity index (χ0) is 16.2. The van der Waals surface area contributed by atoms with E-state index in [0.717, 1.165) is 43.2 Å². The van der Waals surface area contributed by atoms with Crippen LogP contribution in [0.25, 0.3) is 0 Å². The van der Waals surface area contributed by atoms with Gasteiger partial charge in [0.05, 0.1) is 0 Å². The summed E-state index contributed by atoms with van der Waals surface area (Å²) in [4.78, 5) is 16.9. The molecule has 2 fully saturated rings.